The van der Waals surface area contributed by atoms with Crippen molar-refractivity contribution >= 4 is 5.97 Å². The van der Waals surface area contributed by atoms with Crippen molar-refractivity contribution in [3.8, 4) is 0 Å². The van der Waals surface area contributed by atoms with E-state index in [-0.39, 0.29) is 0 Å². The molecule has 0 heterocycles. The van der Waals surface area contributed by atoms with Gasteiger partial charge in [-0.05, 0) is 12.8 Å². The Kier molecular flexibility index (Phi) is 6.54. The van der Waals surface area contributed by atoms with Crippen LogP contribution >= 0.6 is 0 Å². The number of hydrogen-bond acceptors (Lipinski definition) is 4. The Morgan fingerprint density at radius 3 is 2.15 bits per heavy atom. The lowest BCUT2D eigenvalue weighted by Crippen LogP contribution is -2.42. The fraction of sp³-hybridized carbons (Fsp3) is 0.889. The van der Waals surface area contributed by atoms with Crippen molar-refractivity contribution in [3.05, 3.63) is 0 Å². The first-order chi connectivity index (χ1) is 6.17. The molecule has 0 bridgehead atoms. The van der Waals surface area contributed by atoms with E-state index in [1.165, 1.54) is 7.11 Å². The number of aliphatic hydroxyl groups is 1. The smallest absolute Gasteiger partial charge is 0.350 e. The van der Waals surface area contributed by atoms with Crippen molar-refractivity contribution in [3.63, 3.8) is 0 Å². The van der Waals surface area contributed by atoms with E-state index in [1.807, 2.05) is 13.8 Å². The molecule has 1 unspecified atom stereocenters. The summed E-state index contributed by atoms with van der Waals surface area (Å²) in [6.45, 7) is 5.44. The van der Waals surface area contributed by atoms with Crippen molar-refractivity contribution < 1.29 is 14.6 Å². The van der Waals surface area contributed by atoms with E-state index in [1.54, 1.807) is 4.90 Å². The third-order valence-electron chi connectivity index (χ3n) is 1.78. The minimum Gasteiger partial charge on any atom is -0.466 e. The van der Waals surface area contributed by atoms with Crippen LogP contribution in [-0.4, -0.2) is 42.4 Å². The van der Waals surface area contributed by atoms with Gasteiger partial charge in [-0.2, -0.15) is 0 Å². The molecule has 0 spiro atoms. The molecule has 4 nitrogen and oxygen atoms in total. The zero-order chi connectivity index (χ0) is 10.3. The van der Waals surface area contributed by atoms with E-state index in [9.17, 15) is 9.90 Å². The van der Waals surface area contributed by atoms with Gasteiger partial charge in [0.15, 0.2) is 0 Å². The minimum atomic E-state index is -1.11. The second kappa shape index (κ2) is 6.86. The average molecular weight is 189 g/mol. The van der Waals surface area contributed by atoms with Gasteiger partial charge in [0.25, 0.3) is 0 Å². The first-order valence-corrected chi connectivity index (χ1v) is 4.67. The molecule has 0 aromatic carbocycles. The second-order valence-electron chi connectivity index (χ2n) is 2.93. The molecular formula is C9H19NO3. The first-order valence-electron chi connectivity index (χ1n) is 4.67. The average Bonchev–Trinajstić information content (AvgIpc) is 2.15. The van der Waals surface area contributed by atoms with Crippen LogP contribution < -0.4 is 0 Å². The van der Waals surface area contributed by atoms with Gasteiger partial charge in [-0.25, -0.2) is 4.79 Å². The van der Waals surface area contributed by atoms with Crippen LogP contribution in [0.15, 0.2) is 0 Å². The zero-order valence-corrected chi connectivity index (χ0v) is 8.62. The standard InChI is InChI=1S/C9H19NO3/c1-4-6-10(7-5-2)8(11)9(12)13-3/h8,11H,4-7H2,1-3H3. The molecule has 0 aromatic rings. The van der Waals surface area contributed by atoms with Crippen LogP contribution in [0.5, 0.6) is 0 Å². The molecule has 0 aliphatic heterocycles. The summed E-state index contributed by atoms with van der Waals surface area (Å²) in [4.78, 5) is 12.7. The fourth-order valence-electron chi connectivity index (χ4n) is 1.19. The third-order valence-corrected chi connectivity index (χ3v) is 1.78. The first kappa shape index (κ1) is 12.4. The molecule has 0 radical (unpaired) electrons. The van der Waals surface area contributed by atoms with Gasteiger partial charge in [0.05, 0.1) is 7.11 Å². The fourth-order valence-corrected chi connectivity index (χ4v) is 1.19. The Balaban J connectivity index is 4.08. The quantitative estimate of drug-likeness (QED) is 0.491. The Labute approximate surface area is 79.5 Å². The molecule has 0 fully saturated rings. The van der Waals surface area contributed by atoms with Gasteiger partial charge >= 0.3 is 5.97 Å². The van der Waals surface area contributed by atoms with Crippen LogP contribution in [0.25, 0.3) is 0 Å². The number of carbonyl (C=O) groups excluding carboxylic acids is 1. The molecule has 0 saturated heterocycles. The molecular weight excluding hydrogens is 170 g/mol. The van der Waals surface area contributed by atoms with Crippen LogP contribution in [0.4, 0.5) is 0 Å². The highest BCUT2D eigenvalue weighted by molar-refractivity contribution is 5.73. The number of ether oxygens (including phenoxy) is 1. The number of nitrogens with zero attached hydrogens (tertiary/aromatic N) is 1. The van der Waals surface area contributed by atoms with E-state index >= 15 is 0 Å². The number of carbonyl (C=O) groups is 1. The molecule has 0 rings (SSSR count). The third kappa shape index (κ3) is 4.24. The van der Waals surface area contributed by atoms with E-state index in [4.69, 9.17) is 0 Å². The molecule has 1 atom stereocenters. The van der Waals surface area contributed by atoms with Crippen molar-refractivity contribution in [2.24, 2.45) is 0 Å². The molecule has 0 aliphatic carbocycles. The van der Waals surface area contributed by atoms with Gasteiger partial charge in [0.2, 0.25) is 6.23 Å². The van der Waals surface area contributed by atoms with Crippen molar-refractivity contribution in [2.45, 2.75) is 32.9 Å². The summed E-state index contributed by atoms with van der Waals surface area (Å²) in [5.41, 5.74) is 0. The number of hydrogen-bond donors (Lipinski definition) is 1. The largest absolute Gasteiger partial charge is 0.466 e. The van der Waals surface area contributed by atoms with Crippen LogP contribution in [0.1, 0.15) is 26.7 Å². The SMILES string of the molecule is CCCN(CCC)C(O)C(=O)OC. The summed E-state index contributed by atoms with van der Waals surface area (Å²) in [6, 6.07) is 0. The lowest BCUT2D eigenvalue weighted by Gasteiger charge is -2.24. The molecule has 1 N–H and O–H groups in total. The highest BCUT2D eigenvalue weighted by Crippen LogP contribution is 2.01. The summed E-state index contributed by atoms with van der Waals surface area (Å²) in [6.07, 6.45) is 0.715. The zero-order valence-electron chi connectivity index (χ0n) is 8.62. The summed E-state index contributed by atoms with van der Waals surface area (Å²) in [5.74, 6) is -0.582. The van der Waals surface area contributed by atoms with Gasteiger partial charge in [-0.15, -0.1) is 0 Å². The summed E-state index contributed by atoms with van der Waals surface area (Å²) in [7, 11) is 1.28. The number of esters is 1. The summed E-state index contributed by atoms with van der Waals surface area (Å²) in [5, 5.41) is 9.49. The lowest BCUT2D eigenvalue weighted by molar-refractivity contribution is -0.161. The number of rotatable bonds is 6. The molecule has 13 heavy (non-hydrogen) atoms. The normalized spacial score (nSPS) is 13.0. The van der Waals surface area contributed by atoms with Gasteiger partial charge < -0.3 is 9.84 Å². The maximum atomic E-state index is 11.0. The van der Waals surface area contributed by atoms with Crippen LogP contribution in [-0.2, 0) is 9.53 Å². The molecule has 0 saturated carbocycles. The summed E-state index contributed by atoms with van der Waals surface area (Å²) < 4.78 is 4.46. The van der Waals surface area contributed by atoms with E-state index < -0.39 is 12.2 Å². The van der Waals surface area contributed by atoms with Gasteiger partial charge in [-0.3, -0.25) is 4.90 Å². The Bertz CT molecular complexity index is 144. The highest BCUT2D eigenvalue weighted by Gasteiger charge is 2.22. The van der Waals surface area contributed by atoms with Gasteiger partial charge in [-0.1, -0.05) is 13.8 Å². The van der Waals surface area contributed by atoms with E-state index in [2.05, 4.69) is 4.74 Å². The monoisotopic (exact) mass is 189 g/mol. The maximum absolute atomic E-state index is 11.0. The summed E-state index contributed by atoms with van der Waals surface area (Å²) >= 11 is 0. The van der Waals surface area contributed by atoms with E-state index in [0.717, 1.165) is 12.8 Å². The number of methoxy groups -OCH3 is 1. The second-order valence-corrected chi connectivity index (χ2v) is 2.93. The molecule has 0 amide bonds. The molecule has 0 aromatic heterocycles. The number of aliphatic hydroxyl groups excluding tert-OH is 1. The van der Waals surface area contributed by atoms with Gasteiger partial charge in [0.1, 0.15) is 0 Å². The molecule has 78 valence electrons. The lowest BCUT2D eigenvalue weighted by atomic mass is 10.3. The van der Waals surface area contributed by atoms with Crippen LogP contribution in [0.3, 0.4) is 0 Å². The predicted molar refractivity (Wildman–Crippen MR) is 50.2 cm³/mol. The highest BCUT2D eigenvalue weighted by atomic mass is 16.5. The van der Waals surface area contributed by atoms with Crippen molar-refractivity contribution in [1.29, 1.82) is 0 Å². The Hall–Kier alpha value is -0.610. The van der Waals surface area contributed by atoms with Crippen molar-refractivity contribution in [2.75, 3.05) is 20.2 Å². The Morgan fingerprint density at radius 2 is 1.85 bits per heavy atom. The molecule has 4 heteroatoms. The Morgan fingerprint density at radius 1 is 1.38 bits per heavy atom. The maximum Gasteiger partial charge on any atom is 0.350 e. The predicted octanol–water partition coefficient (Wildman–Crippen LogP) is 0.600. The topological polar surface area (TPSA) is 49.8 Å². The van der Waals surface area contributed by atoms with E-state index in [0.29, 0.717) is 13.1 Å². The molecule has 0 aliphatic rings. The van der Waals surface area contributed by atoms with Crippen LogP contribution in [0.2, 0.25) is 0 Å². The van der Waals surface area contributed by atoms with Crippen molar-refractivity contribution in [1.82, 2.24) is 4.90 Å². The van der Waals surface area contributed by atoms with Crippen LogP contribution in [0, 0.1) is 0 Å². The minimum absolute atomic E-state index is 0.582. The van der Waals surface area contributed by atoms with Gasteiger partial charge in [0, 0.05) is 13.1 Å².